The van der Waals surface area contributed by atoms with Gasteiger partial charge in [0.1, 0.15) is 5.76 Å². The summed E-state index contributed by atoms with van der Waals surface area (Å²) in [5.41, 5.74) is 5.15. The van der Waals surface area contributed by atoms with Gasteiger partial charge in [0.2, 0.25) is 11.7 Å². The number of halogens is 2. The molecule has 2 N–H and O–H groups in total. The van der Waals surface area contributed by atoms with Crippen molar-refractivity contribution >= 4 is 5.97 Å². The third-order valence-electron chi connectivity index (χ3n) is 3.36. The first-order chi connectivity index (χ1) is 8.36. The summed E-state index contributed by atoms with van der Waals surface area (Å²) < 4.78 is 36.0. The van der Waals surface area contributed by atoms with E-state index in [1.807, 2.05) is 0 Å². The van der Waals surface area contributed by atoms with Crippen molar-refractivity contribution in [3.05, 3.63) is 23.7 Å². The summed E-state index contributed by atoms with van der Waals surface area (Å²) in [5, 5.41) is 0. The van der Waals surface area contributed by atoms with E-state index in [0.29, 0.717) is 5.76 Å². The Labute approximate surface area is 103 Å². The molecule has 1 aliphatic rings. The zero-order valence-corrected chi connectivity index (χ0v) is 10.0. The molecule has 0 amide bonds. The lowest BCUT2D eigenvalue weighted by atomic mass is 9.79. The van der Waals surface area contributed by atoms with Gasteiger partial charge in [-0.3, -0.25) is 0 Å². The lowest BCUT2D eigenvalue weighted by Gasteiger charge is -2.35. The van der Waals surface area contributed by atoms with Crippen molar-refractivity contribution in [3.8, 4) is 0 Å². The van der Waals surface area contributed by atoms with Crippen LogP contribution in [0, 0.1) is 0 Å². The quantitative estimate of drug-likeness (QED) is 0.828. The smallest absolute Gasteiger partial charge is 0.373 e. The molecule has 1 fully saturated rings. The van der Waals surface area contributed by atoms with Crippen molar-refractivity contribution in [3.63, 3.8) is 0 Å². The standard InChI is InChI=1S/C12H15F2NO3/c1-17-10(16)8-2-3-9(18-8)11(15)4-6-12(13,14)7-5-11/h2-3H,4-7,15H2,1H3. The maximum atomic E-state index is 13.1. The molecule has 0 bridgehead atoms. The number of carbonyl (C=O) groups is 1. The van der Waals surface area contributed by atoms with E-state index in [1.54, 1.807) is 6.07 Å². The SMILES string of the molecule is COC(=O)c1ccc(C2(N)CCC(F)(F)CC2)o1. The highest BCUT2D eigenvalue weighted by atomic mass is 19.3. The number of rotatable bonds is 2. The highest BCUT2D eigenvalue weighted by Crippen LogP contribution is 2.42. The second-order valence-electron chi connectivity index (χ2n) is 4.67. The number of hydrogen-bond acceptors (Lipinski definition) is 4. The normalized spacial score (nSPS) is 21.6. The van der Waals surface area contributed by atoms with Crippen LogP contribution in [0.25, 0.3) is 0 Å². The monoisotopic (exact) mass is 259 g/mol. The van der Waals surface area contributed by atoms with Crippen molar-refractivity contribution in [2.45, 2.75) is 37.1 Å². The molecule has 0 unspecified atom stereocenters. The number of nitrogens with two attached hydrogens (primary N) is 1. The molecule has 2 rings (SSSR count). The number of ether oxygens (including phenoxy) is 1. The molecule has 1 saturated carbocycles. The maximum absolute atomic E-state index is 13.1. The first kappa shape index (κ1) is 13.0. The highest BCUT2D eigenvalue weighted by molar-refractivity contribution is 5.86. The molecule has 1 aromatic rings. The minimum Gasteiger partial charge on any atom is -0.463 e. The van der Waals surface area contributed by atoms with Crippen LogP contribution in [0.3, 0.4) is 0 Å². The molecule has 6 heteroatoms. The predicted octanol–water partition coefficient (Wildman–Crippen LogP) is 2.43. The molecule has 0 atom stereocenters. The van der Waals surface area contributed by atoms with Crippen molar-refractivity contribution < 1.29 is 22.7 Å². The fourth-order valence-electron chi connectivity index (χ4n) is 2.12. The predicted molar refractivity (Wildman–Crippen MR) is 59.3 cm³/mol. The number of hydrogen-bond donors (Lipinski definition) is 1. The summed E-state index contributed by atoms with van der Waals surface area (Å²) in [7, 11) is 1.24. The van der Waals surface area contributed by atoms with Gasteiger partial charge in [-0.05, 0) is 25.0 Å². The van der Waals surface area contributed by atoms with Crippen molar-refractivity contribution in [1.82, 2.24) is 0 Å². The van der Waals surface area contributed by atoms with Crippen molar-refractivity contribution in [2.24, 2.45) is 5.73 Å². The summed E-state index contributed by atoms with van der Waals surface area (Å²) in [6, 6.07) is 3.00. The Morgan fingerprint density at radius 1 is 1.33 bits per heavy atom. The lowest BCUT2D eigenvalue weighted by Crippen LogP contribution is -2.43. The molecule has 0 aliphatic heterocycles. The maximum Gasteiger partial charge on any atom is 0.373 e. The number of carbonyl (C=O) groups excluding carboxylic acids is 1. The van der Waals surface area contributed by atoms with E-state index in [4.69, 9.17) is 10.2 Å². The van der Waals surface area contributed by atoms with Crippen LogP contribution in [-0.4, -0.2) is 19.0 Å². The van der Waals surface area contributed by atoms with E-state index in [0.717, 1.165) is 0 Å². The Bertz CT molecular complexity index is 446. The van der Waals surface area contributed by atoms with E-state index in [-0.39, 0.29) is 31.4 Å². The minimum absolute atomic E-state index is 0.0367. The summed E-state index contributed by atoms with van der Waals surface area (Å²) in [4.78, 5) is 11.2. The molecule has 0 aromatic carbocycles. The van der Waals surface area contributed by atoms with E-state index >= 15 is 0 Å². The first-order valence-corrected chi connectivity index (χ1v) is 5.72. The van der Waals surface area contributed by atoms with Crippen molar-refractivity contribution in [2.75, 3.05) is 7.11 Å². The number of alkyl halides is 2. The van der Waals surface area contributed by atoms with Gasteiger partial charge in [0.05, 0.1) is 12.6 Å². The third kappa shape index (κ3) is 2.38. The lowest BCUT2D eigenvalue weighted by molar-refractivity contribution is -0.0540. The molecular formula is C12H15F2NO3. The van der Waals surface area contributed by atoms with Gasteiger partial charge in [0.15, 0.2) is 0 Å². The minimum atomic E-state index is -2.65. The molecule has 1 aromatic heterocycles. The summed E-state index contributed by atoms with van der Waals surface area (Å²) >= 11 is 0. The average molecular weight is 259 g/mol. The van der Waals surface area contributed by atoms with Gasteiger partial charge < -0.3 is 14.9 Å². The van der Waals surface area contributed by atoms with Gasteiger partial charge in [0, 0.05) is 12.8 Å². The Morgan fingerprint density at radius 3 is 2.50 bits per heavy atom. The van der Waals surface area contributed by atoms with Crippen LogP contribution in [0.15, 0.2) is 16.5 Å². The molecule has 0 spiro atoms. The molecule has 1 heterocycles. The largest absolute Gasteiger partial charge is 0.463 e. The third-order valence-corrected chi connectivity index (χ3v) is 3.36. The Kier molecular flexibility index (Phi) is 3.14. The van der Waals surface area contributed by atoms with E-state index in [1.165, 1.54) is 13.2 Å². The number of esters is 1. The fourth-order valence-corrected chi connectivity index (χ4v) is 2.12. The second kappa shape index (κ2) is 4.35. The summed E-state index contributed by atoms with van der Waals surface area (Å²) in [6.07, 6.45) is -0.266. The summed E-state index contributed by atoms with van der Waals surface area (Å²) in [5.74, 6) is -2.86. The zero-order chi connectivity index (χ0) is 13.4. The van der Waals surface area contributed by atoms with Gasteiger partial charge >= 0.3 is 5.97 Å². The van der Waals surface area contributed by atoms with Crippen LogP contribution >= 0.6 is 0 Å². The van der Waals surface area contributed by atoms with E-state index < -0.39 is 17.4 Å². The van der Waals surface area contributed by atoms with Gasteiger partial charge in [-0.2, -0.15) is 0 Å². The van der Waals surface area contributed by atoms with Crippen LogP contribution in [0.5, 0.6) is 0 Å². The first-order valence-electron chi connectivity index (χ1n) is 5.72. The molecule has 0 radical (unpaired) electrons. The molecular weight excluding hydrogens is 244 g/mol. The zero-order valence-electron chi connectivity index (χ0n) is 10.0. The number of furan rings is 1. The average Bonchev–Trinajstić information content (AvgIpc) is 2.82. The molecule has 1 aliphatic carbocycles. The number of methoxy groups -OCH3 is 1. The molecule has 0 saturated heterocycles. The van der Waals surface area contributed by atoms with E-state index in [9.17, 15) is 13.6 Å². The topological polar surface area (TPSA) is 65.5 Å². The Hall–Kier alpha value is -1.43. The van der Waals surface area contributed by atoms with Gasteiger partial charge in [-0.15, -0.1) is 0 Å². The van der Waals surface area contributed by atoms with Crippen LogP contribution < -0.4 is 5.73 Å². The van der Waals surface area contributed by atoms with Gasteiger partial charge in [-0.25, -0.2) is 13.6 Å². The van der Waals surface area contributed by atoms with E-state index in [2.05, 4.69) is 4.74 Å². The van der Waals surface area contributed by atoms with Crippen LogP contribution in [-0.2, 0) is 10.3 Å². The fraction of sp³-hybridized carbons (Fsp3) is 0.583. The highest BCUT2D eigenvalue weighted by Gasteiger charge is 2.43. The Morgan fingerprint density at radius 2 is 1.94 bits per heavy atom. The molecule has 100 valence electrons. The Balaban J connectivity index is 2.16. The van der Waals surface area contributed by atoms with Crippen LogP contribution in [0.2, 0.25) is 0 Å². The van der Waals surface area contributed by atoms with Gasteiger partial charge in [0.25, 0.3) is 0 Å². The second-order valence-corrected chi connectivity index (χ2v) is 4.67. The van der Waals surface area contributed by atoms with Crippen LogP contribution in [0.1, 0.15) is 42.0 Å². The molecule has 4 nitrogen and oxygen atoms in total. The summed E-state index contributed by atoms with van der Waals surface area (Å²) in [6.45, 7) is 0. The molecule has 18 heavy (non-hydrogen) atoms. The van der Waals surface area contributed by atoms with Gasteiger partial charge in [-0.1, -0.05) is 0 Å². The van der Waals surface area contributed by atoms with Crippen molar-refractivity contribution in [1.29, 1.82) is 0 Å². The van der Waals surface area contributed by atoms with Crippen LogP contribution in [0.4, 0.5) is 8.78 Å².